The maximum Gasteiger partial charge on any atom is 0.337 e. The molecule has 1 heterocycles. The Hall–Kier alpha value is -1.95. The SMILES string of the molecule is C.O=C(O)c1csc2cc([N+](=O)[O-])ccc12. The predicted molar refractivity (Wildman–Crippen MR) is 62.2 cm³/mol. The van der Waals surface area contributed by atoms with Gasteiger partial charge in [0.05, 0.1) is 10.5 Å². The van der Waals surface area contributed by atoms with Crippen LogP contribution < -0.4 is 0 Å². The van der Waals surface area contributed by atoms with E-state index in [1.165, 1.54) is 34.9 Å². The maximum atomic E-state index is 10.8. The van der Waals surface area contributed by atoms with Gasteiger partial charge in [0.2, 0.25) is 0 Å². The fraction of sp³-hybridized carbons (Fsp3) is 0.100. The Morgan fingerprint density at radius 1 is 1.44 bits per heavy atom. The van der Waals surface area contributed by atoms with Crippen LogP contribution in [0.5, 0.6) is 0 Å². The number of nitrogens with zero attached hydrogens (tertiary/aromatic N) is 1. The molecule has 0 fully saturated rings. The van der Waals surface area contributed by atoms with Crippen LogP contribution in [0.4, 0.5) is 5.69 Å². The third kappa shape index (κ3) is 1.87. The lowest BCUT2D eigenvalue weighted by atomic mass is 10.2. The quantitative estimate of drug-likeness (QED) is 0.644. The molecule has 0 saturated heterocycles. The van der Waals surface area contributed by atoms with Crippen LogP contribution in [0.2, 0.25) is 0 Å². The van der Waals surface area contributed by atoms with Crippen molar-refractivity contribution < 1.29 is 14.8 Å². The number of carboxylic acid groups (broad SMARTS) is 1. The lowest BCUT2D eigenvalue weighted by molar-refractivity contribution is -0.384. The fourth-order valence-electron chi connectivity index (χ4n) is 1.30. The number of aromatic carboxylic acids is 1. The number of hydrogen-bond acceptors (Lipinski definition) is 4. The van der Waals surface area contributed by atoms with Gasteiger partial charge in [-0.1, -0.05) is 7.43 Å². The van der Waals surface area contributed by atoms with Crippen LogP contribution in [0.25, 0.3) is 10.1 Å². The molecule has 1 aromatic heterocycles. The summed E-state index contributed by atoms with van der Waals surface area (Å²) in [5.41, 5.74) is 0.159. The van der Waals surface area contributed by atoms with Crippen molar-refractivity contribution in [3.8, 4) is 0 Å². The van der Waals surface area contributed by atoms with Crippen LogP contribution in [0.15, 0.2) is 23.6 Å². The van der Waals surface area contributed by atoms with Crippen LogP contribution >= 0.6 is 11.3 Å². The molecule has 0 amide bonds. The zero-order valence-electron chi connectivity index (χ0n) is 7.34. The smallest absolute Gasteiger partial charge is 0.337 e. The number of non-ortho nitro benzene ring substituents is 1. The standard InChI is InChI=1S/C9H5NO4S.CH4/c11-9(12)7-4-15-8-3-5(10(13)14)1-2-6(7)8;/h1-4H,(H,11,12);1H4. The minimum Gasteiger partial charge on any atom is -0.478 e. The van der Waals surface area contributed by atoms with E-state index in [1.54, 1.807) is 0 Å². The average Bonchev–Trinajstić information content (AvgIpc) is 2.59. The van der Waals surface area contributed by atoms with Crippen LogP contribution in [0, 0.1) is 10.1 Å². The molecule has 1 aromatic carbocycles. The Kier molecular flexibility index (Phi) is 3.24. The molecule has 0 aliphatic heterocycles. The van der Waals surface area contributed by atoms with Gasteiger partial charge in [-0.2, -0.15) is 0 Å². The summed E-state index contributed by atoms with van der Waals surface area (Å²) >= 11 is 1.19. The van der Waals surface area contributed by atoms with Crippen LogP contribution in [-0.4, -0.2) is 16.0 Å². The summed E-state index contributed by atoms with van der Waals surface area (Å²) in [5.74, 6) is -1.02. The van der Waals surface area contributed by atoms with E-state index in [2.05, 4.69) is 0 Å². The van der Waals surface area contributed by atoms with E-state index in [0.717, 1.165) is 0 Å². The van der Waals surface area contributed by atoms with Crippen molar-refractivity contribution in [2.75, 3.05) is 0 Å². The summed E-state index contributed by atoms with van der Waals surface area (Å²) in [6.45, 7) is 0. The molecular weight excluding hydrogens is 230 g/mol. The van der Waals surface area contributed by atoms with Gasteiger partial charge in [-0.15, -0.1) is 11.3 Å². The second-order valence-corrected chi connectivity index (χ2v) is 3.80. The Labute approximate surface area is 95.1 Å². The van der Waals surface area contributed by atoms with Crippen molar-refractivity contribution in [1.29, 1.82) is 0 Å². The Bertz CT molecular complexity index is 561. The van der Waals surface area contributed by atoms with Crippen molar-refractivity contribution in [3.63, 3.8) is 0 Å². The van der Waals surface area contributed by atoms with Crippen molar-refractivity contribution in [3.05, 3.63) is 39.3 Å². The van der Waals surface area contributed by atoms with Gasteiger partial charge in [0.15, 0.2) is 0 Å². The van der Waals surface area contributed by atoms with E-state index < -0.39 is 10.9 Å². The number of carbonyl (C=O) groups is 1. The van der Waals surface area contributed by atoms with Gasteiger partial charge < -0.3 is 5.11 Å². The number of nitro benzene ring substituents is 1. The number of thiophene rings is 1. The summed E-state index contributed by atoms with van der Waals surface area (Å²) in [6.07, 6.45) is 0. The number of hydrogen-bond donors (Lipinski definition) is 1. The molecule has 0 saturated carbocycles. The lowest BCUT2D eigenvalue weighted by Gasteiger charge is -1.93. The van der Waals surface area contributed by atoms with Crippen LogP contribution in [0.3, 0.4) is 0 Å². The topological polar surface area (TPSA) is 80.4 Å². The molecule has 0 bridgehead atoms. The van der Waals surface area contributed by atoms with E-state index in [0.29, 0.717) is 10.1 Å². The third-order valence-electron chi connectivity index (χ3n) is 2.00. The van der Waals surface area contributed by atoms with Gasteiger partial charge >= 0.3 is 5.97 Å². The summed E-state index contributed by atoms with van der Waals surface area (Å²) in [5, 5.41) is 21.3. The molecule has 0 aliphatic rings. The van der Waals surface area contributed by atoms with Gasteiger partial charge in [0.25, 0.3) is 5.69 Å². The molecule has 0 spiro atoms. The minimum absolute atomic E-state index is 0. The lowest BCUT2D eigenvalue weighted by Crippen LogP contribution is -1.93. The van der Waals surface area contributed by atoms with E-state index >= 15 is 0 Å². The Balaban J connectivity index is 0.00000128. The van der Waals surface area contributed by atoms with Gasteiger partial charge in [-0.25, -0.2) is 4.79 Å². The van der Waals surface area contributed by atoms with Crippen LogP contribution in [0.1, 0.15) is 17.8 Å². The largest absolute Gasteiger partial charge is 0.478 e. The first-order chi connectivity index (χ1) is 7.09. The highest BCUT2D eigenvalue weighted by molar-refractivity contribution is 7.17. The van der Waals surface area contributed by atoms with E-state index in [1.807, 2.05) is 0 Å². The van der Waals surface area contributed by atoms with Crippen molar-refractivity contribution in [2.45, 2.75) is 7.43 Å². The second kappa shape index (κ2) is 4.28. The first kappa shape index (κ1) is 12.1. The van der Waals surface area contributed by atoms with Crippen molar-refractivity contribution in [1.82, 2.24) is 0 Å². The van der Waals surface area contributed by atoms with E-state index in [4.69, 9.17) is 5.11 Å². The summed E-state index contributed by atoms with van der Waals surface area (Å²) in [6, 6.07) is 4.15. The Morgan fingerprint density at radius 2 is 2.12 bits per heavy atom. The first-order valence-electron chi connectivity index (χ1n) is 3.98. The van der Waals surface area contributed by atoms with Crippen molar-refractivity contribution >= 4 is 33.1 Å². The molecular formula is C10H9NO4S. The number of benzene rings is 1. The summed E-state index contributed by atoms with van der Waals surface area (Å²) in [4.78, 5) is 20.7. The monoisotopic (exact) mass is 239 g/mol. The second-order valence-electron chi connectivity index (χ2n) is 2.89. The van der Waals surface area contributed by atoms with Crippen molar-refractivity contribution in [2.24, 2.45) is 0 Å². The highest BCUT2D eigenvalue weighted by atomic mass is 32.1. The highest BCUT2D eigenvalue weighted by Crippen LogP contribution is 2.29. The van der Waals surface area contributed by atoms with E-state index in [-0.39, 0.29) is 18.7 Å². The highest BCUT2D eigenvalue weighted by Gasteiger charge is 2.13. The molecule has 2 aromatic rings. The molecule has 16 heavy (non-hydrogen) atoms. The fourth-order valence-corrected chi connectivity index (χ4v) is 2.26. The summed E-state index contributed by atoms with van der Waals surface area (Å²) < 4.78 is 0.613. The summed E-state index contributed by atoms with van der Waals surface area (Å²) in [7, 11) is 0. The minimum atomic E-state index is -1.02. The first-order valence-corrected chi connectivity index (χ1v) is 4.86. The molecule has 0 unspecified atom stereocenters. The average molecular weight is 239 g/mol. The van der Waals surface area contributed by atoms with Gasteiger partial charge in [-0.3, -0.25) is 10.1 Å². The molecule has 2 rings (SSSR count). The molecule has 1 N–H and O–H groups in total. The zero-order chi connectivity index (χ0) is 11.0. The van der Waals surface area contributed by atoms with Crippen LogP contribution in [-0.2, 0) is 0 Å². The molecule has 0 aliphatic carbocycles. The van der Waals surface area contributed by atoms with Gasteiger partial charge in [0.1, 0.15) is 0 Å². The molecule has 0 atom stereocenters. The Morgan fingerprint density at radius 3 is 2.69 bits per heavy atom. The maximum absolute atomic E-state index is 10.8. The molecule has 0 radical (unpaired) electrons. The number of rotatable bonds is 2. The van der Waals surface area contributed by atoms with Gasteiger partial charge in [0, 0.05) is 27.6 Å². The molecule has 5 nitrogen and oxygen atoms in total. The normalized spacial score (nSPS) is 9.75. The molecule has 84 valence electrons. The van der Waals surface area contributed by atoms with Gasteiger partial charge in [-0.05, 0) is 6.07 Å². The third-order valence-corrected chi connectivity index (χ3v) is 2.95. The predicted octanol–water partition coefficient (Wildman–Crippen LogP) is 3.14. The van der Waals surface area contributed by atoms with E-state index in [9.17, 15) is 14.9 Å². The molecule has 6 heteroatoms. The number of nitro groups is 1. The number of fused-ring (bicyclic) bond motifs is 1. The number of carboxylic acids is 1. The zero-order valence-corrected chi connectivity index (χ0v) is 8.15.